The fourth-order valence-corrected chi connectivity index (χ4v) is 3.24. The molecule has 3 amide bonds. The number of nitrogens with zero attached hydrogens (tertiary/aromatic N) is 2. The van der Waals surface area contributed by atoms with Crippen molar-refractivity contribution >= 4 is 39.9 Å². The summed E-state index contributed by atoms with van der Waals surface area (Å²) in [6, 6.07) is 13.5. The summed E-state index contributed by atoms with van der Waals surface area (Å²) in [5.74, 6) is -1.24. The minimum absolute atomic E-state index is 0.209. The van der Waals surface area contributed by atoms with Gasteiger partial charge in [-0.2, -0.15) is 0 Å². The third-order valence-electron chi connectivity index (χ3n) is 3.79. The Balaban J connectivity index is 1.65. The third kappa shape index (κ3) is 2.60. The molecule has 3 aromatic rings. The summed E-state index contributed by atoms with van der Waals surface area (Å²) in [4.78, 5) is 42.5. The number of anilines is 2. The van der Waals surface area contributed by atoms with Gasteiger partial charge in [-0.1, -0.05) is 18.2 Å². The number of carbonyl (C=O) groups excluding carboxylic acids is 3. The molecule has 0 aliphatic carbocycles. The zero-order chi connectivity index (χ0) is 17.4. The van der Waals surface area contributed by atoms with Crippen molar-refractivity contribution in [3.8, 4) is 0 Å². The molecule has 0 saturated carbocycles. The predicted molar refractivity (Wildman–Crippen MR) is 94.1 cm³/mol. The van der Waals surface area contributed by atoms with Gasteiger partial charge in [-0.15, -0.1) is 11.3 Å². The lowest BCUT2D eigenvalue weighted by Crippen LogP contribution is -2.29. The molecule has 4 rings (SSSR count). The van der Waals surface area contributed by atoms with Crippen LogP contribution in [0.15, 0.2) is 60.1 Å². The van der Waals surface area contributed by atoms with Crippen molar-refractivity contribution in [2.24, 2.45) is 0 Å². The summed E-state index contributed by atoms with van der Waals surface area (Å²) in [6.45, 7) is 0. The first-order chi connectivity index (χ1) is 12.1. The number of para-hydroxylation sites is 1. The van der Waals surface area contributed by atoms with Gasteiger partial charge in [-0.05, 0) is 30.3 Å². The lowest BCUT2D eigenvalue weighted by Gasteiger charge is -2.08. The summed E-state index contributed by atoms with van der Waals surface area (Å²) in [7, 11) is 0. The molecule has 1 aliphatic rings. The van der Waals surface area contributed by atoms with E-state index in [2.05, 4.69) is 10.3 Å². The van der Waals surface area contributed by atoms with Crippen molar-refractivity contribution < 1.29 is 14.4 Å². The van der Waals surface area contributed by atoms with Crippen molar-refractivity contribution in [3.63, 3.8) is 0 Å². The summed E-state index contributed by atoms with van der Waals surface area (Å²) in [5, 5.41) is 4.77. The largest absolute Gasteiger partial charge is 0.322 e. The number of thiazole rings is 1. The molecule has 122 valence electrons. The fourth-order valence-electron chi connectivity index (χ4n) is 2.61. The van der Waals surface area contributed by atoms with Gasteiger partial charge in [0.1, 0.15) is 0 Å². The number of hydrogen-bond donors (Lipinski definition) is 1. The molecule has 7 heteroatoms. The second-order valence-electron chi connectivity index (χ2n) is 5.34. The number of carbonyl (C=O) groups is 3. The summed E-state index contributed by atoms with van der Waals surface area (Å²) >= 11 is 1.20. The van der Waals surface area contributed by atoms with Gasteiger partial charge in [-0.25, -0.2) is 9.88 Å². The van der Waals surface area contributed by atoms with Crippen LogP contribution < -0.4 is 10.2 Å². The number of fused-ring (bicyclic) bond motifs is 1. The molecule has 0 spiro atoms. The SMILES string of the molecule is O=C(Nc1ccccc1)c1ccc2c(c1)C(=O)N(c1nccs1)C2=O. The topological polar surface area (TPSA) is 79.4 Å². The van der Waals surface area contributed by atoms with E-state index in [1.54, 1.807) is 17.5 Å². The van der Waals surface area contributed by atoms with E-state index in [1.165, 1.54) is 35.7 Å². The first-order valence-electron chi connectivity index (χ1n) is 7.44. The highest BCUT2D eigenvalue weighted by atomic mass is 32.1. The number of amides is 3. The smallest absolute Gasteiger partial charge is 0.268 e. The van der Waals surface area contributed by atoms with E-state index in [1.807, 2.05) is 18.2 Å². The predicted octanol–water partition coefficient (Wildman–Crippen LogP) is 3.20. The zero-order valence-electron chi connectivity index (χ0n) is 12.8. The maximum atomic E-state index is 12.6. The first-order valence-corrected chi connectivity index (χ1v) is 8.32. The van der Waals surface area contributed by atoms with Crippen LogP contribution in [0.2, 0.25) is 0 Å². The van der Waals surface area contributed by atoms with Gasteiger partial charge < -0.3 is 5.32 Å². The van der Waals surface area contributed by atoms with Crippen LogP contribution in [0.5, 0.6) is 0 Å². The molecule has 0 bridgehead atoms. The Hall–Kier alpha value is -3.32. The summed E-state index contributed by atoms with van der Waals surface area (Å²) in [6.07, 6.45) is 1.53. The molecule has 0 unspecified atom stereocenters. The van der Waals surface area contributed by atoms with E-state index in [9.17, 15) is 14.4 Å². The van der Waals surface area contributed by atoms with Gasteiger partial charge in [-0.3, -0.25) is 14.4 Å². The van der Waals surface area contributed by atoms with Crippen molar-refractivity contribution in [1.29, 1.82) is 0 Å². The van der Waals surface area contributed by atoms with Gasteiger partial charge in [0, 0.05) is 22.8 Å². The fraction of sp³-hybridized carbons (Fsp3) is 0. The average molecular weight is 349 g/mol. The summed E-state index contributed by atoms with van der Waals surface area (Å²) < 4.78 is 0. The Bertz CT molecular complexity index is 984. The van der Waals surface area contributed by atoms with Crippen molar-refractivity contribution in [2.75, 3.05) is 10.2 Å². The Morgan fingerprint density at radius 1 is 1.00 bits per heavy atom. The molecular weight excluding hydrogens is 338 g/mol. The van der Waals surface area contributed by atoms with Crippen molar-refractivity contribution in [1.82, 2.24) is 4.98 Å². The lowest BCUT2D eigenvalue weighted by molar-refractivity contribution is 0.0925. The number of rotatable bonds is 3. The normalized spacial score (nSPS) is 13.0. The highest BCUT2D eigenvalue weighted by Crippen LogP contribution is 2.30. The maximum absolute atomic E-state index is 12.6. The minimum Gasteiger partial charge on any atom is -0.322 e. The van der Waals surface area contributed by atoms with Gasteiger partial charge in [0.15, 0.2) is 5.13 Å². The van der Waals surface area contributed by atoms with E-state index < -0.39 is 11.8 Å². The summed E-state index contributed by atoms with van der Waals surface area (Å²) in [5.41, 5.74) is 1.45. The monoisotopic (exact) mass is 349 g/mol. The van der Waals surface area contributed by atoms with Crippen LogP contribution in [0, 0.1) is 0 Å². The molecule has 0 atom stereocenters. The molecular formula is C18H11N3O3S. The van der Waals surface area contributed by atoms with E-state index in [0.29, 0.717) is 16.4 Å². The molecule has 1 aromatic heterocycles. The zero-order valence-corrected chi connectivity index (χ0v) is 13.6. The second-order valence-corrected chi connectivity index (χ2v) is 6.21. The Morgan fingerprint density at radius 3 is 2.48 bits per heavy atom. The van der Waals surface area contributed by atoms with E-state index in [4.69, 9.17) is 0 Å². The highest BCUT2D eigenvalue weighted by Gasteiger charge is 2.38. The molecule has 0 fully saturated rings. The third-order valence-corrected chi connectivity index (χ3v) is 4.55. The Morgan fingerprint density at radius 2 is 1.76 bits per heavy atom. The van der Waals surface area contributed by atoms with Crippen LogP contribution in [-0.2, 0) is 0 Å². The molecule has 25 heavy (non-hydrogen) atoms. The molecule has 0 saturated heterocycles. The van der Waals surface area contributed by atoms with Crippen LogP contribution in [0.25, 0.3) is 0 Å². The van der Waals surface area contributed by atoms with Crippen LogP contribution in [-0.4, -0.2) is 22.7 Å². The standard InChI is InChI=1S/C18H11N3O3S/c22-15(20-12-4-2-1-3-5-12)11-6-7-13-14(10-11)17(24)21(16(13)23)18-19-8-9-25-18/h1-10H,(H,20,22). The van der Waals surface area contributed by atoms with Crippen LogP contribution in [0.1, 0.15) is 31.1 Å². The van der Waals surface area contributed by atoms with Crippen LogP contribution in [0.3, 0.4) is 0 Å². The van der Waals surface area contributed by atoms with Crippen molar-refractivity contribution in [2.45, 2.75) is 0 Å². The molecule has 2 aromatic carbocycles. The van der Waals surface area contributed by atoms with Crippen LogP contribution in [0.4, 0.5) is 10.8 Å². The molecule has 0 radical (unpaired) electrons. The Kier molecular flexibility index (Phi) is 3.62. The number of nitrogens with one attached hydrogen (secondary N) is 1. The number of aromatic nitrogens is 1. The van der Waals surface area contributed by atoms with Crippen LogP contribution >= 0.6 is 11.3 Å². The Labute approximate surface area is 146 Å². The van der Waals surface area contributed by atoms with Gasteiger partial charge in [0.25, 0.3) is 17.7 Å². The number of hydrogen-bond acceptors (Lipinski definition) is 5. The molecule has 2 heterocycles. The van der Waals surface area contributed by atoms with Gasteiger partial charge >= 0.3 is 0 Å². The van der Waals surface area contributed by atoms with E-state index in [-0.39, 0.29) is 17.0 Å². The average Bonchev–Trinajstić information content (AvgIpc) is 3.23. The quantitative estimate of drug-likeness (QED) is 0.737. The minimum atomic E-state index is -0.468. The number of benzene rings is 2. The van der Waals surface area contributed by atoms with E-state index >= 15 is 0 Å². The first kappa shape index (κ1) is 15.2. The molecule has 1 aliphatic heterocycles. The number of imide groups is 1. The second kappa shape index (κ2) is 5.95. The molecule has 6 nitrogen and oxygen atoms in total. The van der Waals surface area contributed by atoms with Crippen molar-refractivity contribution in [3.05, 3.63) is 76.8 Å². The highest BCUT2D eigenvalue weighted by molar-refractivity contribution is 7.14. The maximum Gasteiger partial charge on any atom is 0.268 e. The van der Waals surface area contributed by atoms with E-state index in [0.717, 1.165) is 4.90 Å². The molecule has 1 N–H and O–H groups in total. The van der Waals surface area contributed by atoms with Gasteiger partial charge in [0.05, 0.1) is 11.1 Å². The van der Waals surface area contributed by atoms with Gasteiger partial charge in [0.2, 0.25) is 0 Å². The lowest BCUT2D eigenvalue weighted by atomic mass is 10.1.